The summed E-state index contributed by atoms with van der Waals surface area (Å²) in [5.74, 6) is -1.63. The summed E-state index contributed by atoms with van der Waals surface area (Å²) in [6.07, 6.45) is 4.20. The average molecular weight is 304 g/mol. The van der Waals surface area contributed by atoms with Crippen LogP contribution in [0, 0.1) is 16.0 Å². The second kappa shape index (κ2) is 6.84. The minimum absolute atomic E-state index is 0.0104. The molecule has 116 valence electrons. The number of hydrogen-bond donors (Lipinski definition) is 1. The van der Waals surface area contributed by atoms with Gasteiger partial charge >= 0.3 is 5.97 Å². The Kier molecular flexibility index (Phi) is 4.88. The number of amides is 1. The molecule has 1 aliphatic rings. The maximum Gasteiger partial charge on any atom is 0.308 e. The lowest BCUT2D eigenvalue weighted by Gasteiger charge is -2.29. The summed E-state index contributed by atoms with van der Waals surface area (Å²) >= 11 is 0. The van der Waals surface area contributed by atoms with Crippen LogP contribution < -0.4 is 0 Å². The average Bonchev–Trinajstić information content (AvgIpc) is 2.53. The molecule has 2 rings (SSSR count). The highest BCUT2D eigenvalue weighted by molar-refractivity contribution is 5.92. The molecule has 7 nitrogen and oxygen atoms in total. The fourth-order valence-electron chi connectivity index (χ4n) is 2.36. The molecule has 1 N–H and O–H groups in total. The van der Waals surface area contributed by atoms with E-state index < -0.39 is 16.8 Å². The Hall–Kier alpha value is -2.70. The van der Waals surface area contributed by atoms with Gasteiger partial charge in [-0.2, -0.15) is 0 Å². The molecule has 1 fully saturated rings. The molecule has 0 radical (unpaired) electrons. The monoisotopic (exact) mass is 304 g/mol. The molecular weight excluding hydrogens is 288 g/mol. The molecule has 1 heterocycles. The van der Waals surface area contributed by atoms with Gasteiger partial charge in [0.1, 0.15) is 0 Å². The molecule has 0 spiro atoms. The van der Waals surface area contributed by atoms with Gasteiger partial charge in [0.15, 0.2) is 0 Å². The van der Waals surface area contributed by atoms with Crippen molar-refractivity contribution in [1.82, 2.24) is 4.90 Å². The minimum atomic E-state index is -0.878. The summed E-state index contributed by atoms with van der Waals surface area (Å²) in [5, 5.41) is 19.6. The van der Waals surface area contributed by atoms with Crippen molar-refractivity contribution in [2.24, 2.45) is 5.92 Å². The molecule has 0 aromatic heterocycles. The van der Waals surface area contributed by atoms with Gasteiger partial charge in [-0.25, -0.2) is 0 Å². The first-order chi connectivity index (χ1) is 10.5. The fraction of sp³-hybridized carbons (Fsp3) is 0.333. The molecule has 1 aromatic rings. The van der Waals surface area contributed by atoms with Crippen molar-refractivity contribution >= 4 is 23.6 Å². The quantitative estimate of drug-likeness (QED) is 0.520. The van der Waals surface area contributed by atoms with E-state index in [0.717, 1.165) is 0 Å². The Labute approximate surface area is 127 Å². The molecule has 1 atom stereocenters. The lowest BCUT2D eigenvalue weighted by Crippen LogP contribution is -2.41. The smallest absolute Gasteiger partial charge is 0.308 e. The largest absolute Gasteiger partial charge is 0.481 e. The molecule has 1 aliphatic heterocycles. The number of benzene rings is 1. The number of rotatable bonds is 4. The van der Waals surface area contributed by atoms with Crippen LogP contribution in [0.3, 0.4) is 0 Å². The number of carbonyl (C=O) groups is 2. The molecule has 22 heavy (non-hydrogen) atoms. The SMILES string of the molecule is O=C(O)[C@@H]1CCCN(C(=O)/C=C/c2ccc([N+](=O)[O-])cc2)C1. The molecule has 1 aromatic carbocycles. The van der Waals surface area contributed by atoms with E-state index in [-0.39, 0.29) is 18.1 Å². The third-order valence-electron chi connectivity index (χ3n) is 3.60. The minimum Gasteiger partial charge on any atom is -0.481 e. The summed E-state index contributed by atoms with van der Waals surface area (Å²) in [4.78, 5) is 34.6. The van der Waals surface area contributed by atoms with Crippen LogP contribution in [0.2, 0.25) is 0 Å². The van der Waals surface area contributed by atoms with E-state index in [4.69, 9.17) is 5.11 Å². The second-order valence-electron chi connectivity index (χ2n) is 5.14. The normalized spacial score (nSPS) is 18.4. The number of aliphatic carboxylic acids is 1. The topological polar surface area (TPSA) is 101 Å². The Bertz CT molecular complexity index is 609. The zero-order chi connectivity index (χ0) is 16.1. The first-order valence-electron chi connectivity index (χ1n) is 6.91. The van der Waals surface area contributed by atoms with E-state index in [1.165, 1.54) is 23.1 Å². The summed E-state index contributed by atoms with van der Waals surface area (Å²) in [6.45, 7) is 0.770. The number of nitro benzene ring substituents is 1. The van der Waals surface area contributed by atoms with Crippen molar-refractivity contribution in [3.8, 4) is 0 Å². The maximum absolute atomic E-state index is 12.1. The molecule has 1 saturated heterocycles. The molecule has 7 heteroatoms. The highest BCUT2D eigenvalue weighted by atomic mass is 16.6. The first kappa shape index (κ1) is 15.7. The van der Waals surface area contributed by atoms with Crippen molar-refractivity contribution in [2.45, 2.75) is 12.8 Å². The van der Waals surface area contributed by atoms with Crippen LogP contribution in [0.25, 0.3) is 6.08 Å². The molecule has 0 unspecified atom stereocenters. The van der Waals surface area contributed by atoms with Crippen LogP contribution in [0.4, 0.5) is 5.69 Å². The number of hydrogen-bond acceptors (Lipinski definition) is 4. The van der Waals surface area contributed by atoms with Crippen LogP contribution in [-0.4, -0.2) is 39.9 Å². The summed E-state index contributed by atoms with van der Waals surface area (Å²) < 4.78 is 0. The lowest BCUT2D eigenvalue weighted by atomic mass is 9.98. The van der Waals surface area contributed by atoms with Crippen molar-refractivity contribution < 1.29 is 19.6 Å². The highest BCUT2D eigenvalue weighted by Gasteiger charge is 2.27. The Morgan fingerprint density at radius 2 is 2.00 bits per heavy atom. The Balaban J connectivity index is 1.98. The molecule has 0 bridgehead atoms. The van der Waals surface area contributed by atoms with E-state index in [9.17, 15) is 19.7 Å². The number of nitro groups is 1. The number of carboxylic acid groups (broad SMARTS) is 1. The first-order valence-corrected chi connectivity index (χ1v) is 6.91. The summed E-state index contributed by atoms with van der Waals surface area (Å²) in [5.41, 5.74) is 0.662. The second-order valence-corrected chi connectivity index (χ2v) is 5.14. The number of likely N-dealkylation sites (tertiary alicyclic amines) is 1. The van der Waals surface area contributed by atoms with Gasteiger partial charge in [-0.1, -0.05) is 0 Å². The molecule has 0 saturated carbocycles. The predicted octanol–water partition coefficient (Wildman–Crippen LogP) is 1.93. The van der Waals surface area contributed by atoms with Crippen molar-refractivity contribution in [2.75, 3.05) is 13.1 Å². The van der Waals surface area contributed by atoms with Crippen LogP contribution in [0.15, 0.2) is 30.3 Å². The zero-order valence-corrected chi connectivity index (χ0v) is 11.8. The van der Waals surface area contributed by atoms with Gasteiger partial charge in [-0.3, -0.25) is 19.7 Å². The van der Waals surface area contributed by atoms with E-state index in [2.05, 4.69) is 0 Å². The van der Waals surface area contributed by atoms with E-state index >= 15 is 0 Å². The van der Waals surface area contributed by atoms with E-state index in [0.29, 0.717) is 24.9 Å². The van der Waals surface area contributed by atoms with Gasteiger partial charge in [0.05, 0.1) is 10.8 Å². The van der Waals surface area contributed by atoms with Crippen LogP contribution in [0.5, 0.6) is 0 Å². The van der Waals surface area contributed by atoms with Gasteiger partial charge in [-0.05, 0) is 36.6 Å². The molecule has 0 aliphatic carbocycles. The van der Waals surface area contributed by atoms with Crippen LogP contribution in [0.1, 0.15) is 18.4 Å². The molecule has 1 amide bonds. The van der Waals surface area contributed by atoms with Crippen LogP contribution >= 0.6 is 0 Å². The molecular formula is C15H16N2O5. The third kappa shape index (κ3) is 3.91. The highest BCUT2D eigenvalue weighted by Crippen LogP contribution is 2.17. The van der Waals surface area contributed by atoms with Crippen LogP contribution in [-0.2, 0) is 9.59 Å². The predicted molar refractivity (Wildman–Crippen MR) is 79.1 cm³/mol. The number of piperidine rings is 1. The van der Waals surface area contributed by atoms with Gasteiger partial charge in [0, 0.05) is 31.3 Å². The summed E-state index contributed by atoms with van der Waals surface area (Å²) in [6, 6.07) is 5.84. The number of nitrogens with zero attached hydrogens (tertiary/aromatic N) is 2. The Morgan fingerprint density at radius 1 is 1.32 bits per heavy atom. The van der Waals surface area contributed by atoms with Gasteiger partial charge < -0.3 is 10.0 Å². The lowest BCUT2D eigenvalue weighted by molar-refractivity contribution is -0.384. The standard InChI is InChI=1S/C15H16N2O5/c18-14(16-9-1-2-12(10-16)15(19)20)8-5-11-3-6-13(7-4-11)17(21)22/h3-8,12H,1-2,9-10H2,(H,19,20)/b8-5+/t12-/m1/s1. The van der Waals surface area contributed by atoms with Crippen molar-refractivity contribution in [1.29, 1.82) is 0 Å². The van der Waals surface area contributed by atoms with Crippen molar-refractivity contribution in [3.63, 3.8) is 0 Å². The van der Waals surface area contributed by atoms with Gasteiger partial charge in [-0.15, -0.1) is 0 Å². The van der Waals surface area contributed by atoms with Gasteiger partial charge in [0.2, 0.25) is 5.91 Å². The number of non-ortho nitro benzene ring substituents is 1. The summed E-state index contributed by atoms with van der Waals surface area (Å²) in [7, 11) is 0. The maximum atomic E-state index is 12.1. The van der Waals surface area contributed by atoms with Gasteiger partial charge in [0.25, 0.3) is 5.69 Å². The number of carbonyl (C=O) groups excluding carboxylic acids is 1. The number of carboxylic acids is 1. The Morgan fingerprint density at radius 3 is 2.59 bits per heavy atom. The third-order valence-corrected chi connectivity index (χ3v) is 3.60. The van der Waals surface area contributed by atoms with E-state index in [1.807, 2.05) is 0 Å². The zero-order valence-electron chi connectivity index (χ0n) is 11.8. The van der Waals surface area contributed by atoms with E-state index in [1.54, 1.807) is 18.2 Å². The fourth-order valence-corrected chi connectivity index (χ4v) is 2.36. The van der Waals surface area contributed by atoms with Crippen molar-refractivity contribution in [3.05, 3.63) is 46.0 Å².